The van der Waals surface area contributed by atoms with Crippen LogP contribution in [0.4, 0.5) is 19.3 Å². The molecule has 0 bridgehead atoms. The summed E-state index contributed by atoms with van der Waals surface area (Å²) in [6, 6.07) is 8.12. The predicted octanol–water partition coefficient (Wildman–Crippen LogP) is 6.75. The molecule has 37 heavy (non-hydrogen) atoms. The maximum Gasteiger partial charge on any atom is 0.410 e. The van der Waals surface area contributed by atoms with E-state index in [4.69, 9.17) is 16.3 Å². The number of halogens is 3. The van der Waals surface area contributed by atoms with Crippen LogP contribution in [-0.2, 0) is 4.74 Å². The summed E-state index contributed by atoms with van der Waals surface area (Å²) >= 11 is 6.28. The fourth-order valence-electron chi connectivity index (χ4n) is 4.77. The molecule has 0 unspecified atom stereocenters. The molecule has 2 aromatic heterocycles. The summed E-state index contributed by atoms with van der Waals surface area (Å²) in [5.41, 5.74) is 1.77. The molecule has 6 nitrogen and oxygen atoms in total. The topological polar surface area (TPSA) is 58.6 Å². The van der Waals surface area contributed by atoms with Crippen LogP contribution in [0.2, 0.25) is 5.02 Å². The zero-order chi connectivity index (χ0) is 26.5. The predicted molar refractivity (Wildman–Crippen MR) is 142 cm³/mol. The molecule has 4 aromatic rings. The van der Waals surface area contributed by atoms with Gasteiger partial charge in [-0.2, -0.15) is 0 Å². The number of amides is 1. The van der Waals surface area contributed by atoms with E-state index in [1.165, 1.54) is 6.07 Å². The summed E-state index contributed by atoms with van der Waals surface area (Å²) in [6.07, 6.45) is 2.90. The van der Waals surface area contributed by atoms with Gasteiger partial charge < -0.3 is 14.5 Å². The first-order valence-electron chi connectivity index (χ1n) is 12.1. The monoisotopic (exact) mass is 524 g/mol. The minimum absolute atomic E-state index is 0.0580. The minimum atomic E-state index is -0.598. The average molecular weight is 525 g/mol. The second-order valence-corrected chi connectivity index (χ2v) is 10.6. The summed E-state index contributed by atoms with van der Waals surface area (Å²) in [7, 11) is 0. The van der Waals surface area contributed by atoms with Gasteiger partial charge in [-0.05, 0) is 44.7 Å². The Labute approximate surface area is 218 Å². The van der Waals surface area contributed by atoms with Crippen molar-refractivity contribution in [3.8, 4) is 11.3 Å². The number of benzene rings is 2. The molecular formula is C28H27ClF2N4O2. The lowest BCUT2D eigenvalue weighted by atomic mass is 10.00. The third kappa shape index (κ3) is 4.66. The Kier molecular flexibility index (Phi) is 6.40. The molecule has 0 atom stereocenters. The van der Waals surface area contributed by atoms with Crippen LogP contribution in [-0.4, -0.2) is 52.7 Å². The van der Waals surface area contributed by atoms with E-state index >= 15 is 4.39 Å². The first kappa shape index (κ1) is 25.1. The Balaban J connectivity index is 1.52. The van der Waals surface area contributed by atoms with Gasteiger partial charge in [0.2, 0.25) is 0 Å². The summed E-state index contributed by atoms with van der Waals surface area (Å²) in [5.74, 6) is -1.18. The lowest BCUT2D eigenvalue weighted by Gasteiger charge is -2.37. The van der Waals surface area contributed by atoms with E-state index in [2.05, 4.69) is 14.9 Å². The molecule has 1 saturated heterocycles. The normalized spacial score (nSPS) is 14.5. The van der Waals surface area contributed by atoms with Gasteiger partial charge in [-0.25, -0.2) is 13.6 Å². The van der Waals surface area contributed by atoms with Crippen molar-refractivity contribution in [1.29, 1.82) is 0 Å². The molecule has 2 aromatic carbocycles. The number of anilines is 1. The Morgan fingerprint density at radius 1 is 1.03 bits per heavy atom. The number of hydrogen-bond acceptors (Lipinski definition) is 5. The van der Waals surface area contributed by atoms with E-state index in [0.717, 1.165) is 11.3 Å². The van der Waals surface area contributed by atoms with Crippen molar-refractivity contribution < 1.29 is 18.3 Å². The third-order valence-electron chi connectivity index (χ3n) is 6.45. The summed E-state index contributed by atoms with van der Waals surface area (Å²) in [4.78, 5) is 25.1. The van der Waals surface area contributed by atoms with Gasteiger partial charge in [0.05, 0.1) is 10.7 Å². The highest BCUT2D eigenvalue weighted by Crippen LogP contribution is 2.38. The number of aromatic nitrogens is 2. The van der Waals surface area contributed by atoms with Crippen LogP contribution in [0, 0.1) is 18.6 Å². The SMILES string of the molecule is Cc1cnc2c(F)c(-c3cccc4ccc(F)c(Cl)c34)ncc2c1N1CCN(C(=O)OC(C)(C)C)CC1. The van der Waals surface area contributed by atoms with Crippen LogP contribution in [0.1, 0.15) is 26.3 Å². The van der Waals surface area contributed by atoms with Crippen molar-refractivity contribution in [2.45, 2.75) is 33.3 Å². The van der Waals surface area contributed by atoms with Crippen molar-refractivity contribution in [3.05, 3.63) is 64.9 Å². The molecule has 1 aliphatic rings. The first-order chi connectivity index (χ1) is 17.5. The molecule has 5 rings (SSSR count). The number of aryl methyl sites for hydroxylation is 1. The van der Waals surface area contributed by atoms with Gasteiger partial charge >= 0.3 is 6.09 Å². The second-order valence-electron chi connectivity index (χ2n) is 10.2. The average Bonchev–Trinajstić information content (AvgIpc) is 2.85. The van der Waals surface area contributed by atoms with Gasteiger partial charge in [-0.15, -0.1) is 0 Å². The number of pyridine rings is 2. The summed E-state index contributed by atoms with van der Waals surface area (Å²) in [5, 5.41) is 1.59. The molecule has 3 heterocycles. The third-order valence-corrected chi connectivity index (χ3v) is 6.82. The first-order valence-corrected chi connectivity index (χ1v) is 12.5. The van der Waals surface area contributed by atoms with Crippen molar-refractivity contribution >= 4 is 45.1 Å². The standard InChI is InChI=1S/C28H27ClF2N4O2/c1-16-14-32-25-19(26(16)34-10-12-35(13-11-34)27(36)37-28(2,3)4)15-33-24(23(25)31)18-7-5-6-17-8-9-20(30)22(29)21(17)18/h5-9,14-15H,10-13H2,1-4H3. The van der Waals surface area contributed by atoms with Crippen LogP contribution in [0.15, 0.2) is 42.7 Å². The molecule has 192 valence electrons. The molecule has 0 N–H and O–H groups in total. The number of fused-ring (bicyclic) bond motifs is 2. The minimum Gasteiger partial charge on any atom is -0.444 e. The number of rotatable bonds is 2. The molecule has 0 spiro atoms. The Hall–Kier alpha value is -3.52. The highest BCUT2D eigenvalue weighted by atomic mass is 35.5. The Bertz CT molecular complexity index is 1530. The lowest BCUT2D eigenvalue weighted by Crippen LogP contribution is -2.50. The van der Waals surface area contributed by atoms with E-state index < -0.39 is 17.2 Å². The van der Waals surface area contributed by atoms with Gasteiger partial charge in [0, 0.05) is 54.9 Å². The number of piperazine rings is 1. The Morgan fingerprint density at radius 3 is 2.46 bits per heavy atom. The second kappa shape index (κ2) is 9.41. The highest BCUT2D eigenvalue weighted by molar-refractivity contribution is 6.36. The van der Waals surface area contributed by atoms with Crippen LogP contribution >= 0.6 is 11.6 Å². The maximum atomic E-state index is 16.0. The number of hydrogen-bond donors (Lipinski definition) is 0. The number of nitrogens with zero attached hydrogens (tertiary/aromatic N) is 4. The van der Waals surface area contributed by atoms with E-state index in [0.29, 0.717) is 47.9 Å². The van der Waals surface area contributed by atoms with Gasteiger partial charge in [0.15, 0.2) is 5.82 Å². The van der Waals surface area contributed by atoms with E-state index in [-0.39, 0.29) is 22.3 Å². The molecule has 1 aliphatic heterocycles. The fraction of sp³-hybridized carbons (Fsp3) is 0.321. The summed E-state index contributed by atoms with van der Waals surface area (Å²) in [6.45, 7) is 9.51. The van der Waals surface area contributed by atoms with Gasteiger partial charge in [0.25, 0.3) is 0 Å². The van der Waals surface area contributed by atoms with Crippen molar-refractivity contribution in [2.75, 3.05) is 31.1 Å². The van der Waals surface area contributed by atoms with Crippen LogP contribution in [0.3, 0.4) is 0 Å². The molecule has 0 radical (unpaired) electrons. The van der Waals surface area contributed by atoms with Gasteiger partial charge in [0.1, 0.15) is 22.6 Å². The molecule has 1 fully saturated rings. The van der Waals surface area contributed by atoms with E-state index in [9.17, 15) is 9.18 Å². The zero-order valence-electron chi connectivity index (χ0n) is 21.1. The van der Waals surface area contributed by atoms with Gasteiger partial charge in [-0.3, -0.25) is 9.97 Å². The maximum absolute atomic E-state index is 16.0. The van der Waals surface area contributed by atoms with E-state index in [1.54, 1.807) is 41.6 Å². The smallest absolute Gasteiger partial charge is 0.410 e. The van der Waals surface area contributed by atoms with Crippen LogP contribution in [0.5, 0.6) is 0 Å². The zero-order valence-corrected chi connectivity index (χ0v) is 21.9. The van der Waals surface area contributed by atoms with E-state index in [1.807, 2.05) is 27.7 Å². The molecule has 0 aliphatic carbocycles. The highest BCUT2D eigenvalue weighted by Gasteiger charge is 2.28. The van der Waals surface area contributed by atoms with Crippen molar-refractivity contribution in [2.24, 2.45) is 0 Å². The molecule has 9 heteroatoms. The molecule has 0 saturated carbocycles. The molecular weight excluding hydrogens is 498 g/mol. The lowest BCUT2D eigenvalue weighted by molar-refractivity contribution is 0.0240. The largest absolute Gasteiger partial charge is 0.444 e. The Morgan fingerprint density at radius 2 is 1.76 bits per heavy atom. The number of carbonyl (C=O) groups excluding carboxylic acids is 1. The van der Waals surface area contributed by atoms with Crippen molar-refractivity contribution in [1.82, 2.24) is 14.9 Å². The number of carbonyl (C=O) groups is 1. The van der Waals surface area contributed by atoms with Crippen LogP contribution < -0.4 is 4.90 Å². The quantitative estimate of drug-likeness (QED) is 0.290. The molecule has 1 amide bonds. The summed E-state index contributed by atoms with van der Waals surface area (Å²) < 4.78 is 35.7. The van der Waals surface area contributed by atoms with Crippen LogP contribution in [0.25, 0.3) is 32.9 Å². The fourth-order valence-corrected chi connectivity index (χ4v) is 5.04. The van der Waals surface area contributed by atoms with Gasteiger partial charge in [-0.1, -0.05) is 35.9 Å². The number of ether oxygens (including phenoxy) is 1. The van der Waals surface area contributed by atoms with Crippen molar-refractivity contribution in [3.63, 3.8) is 0 Å².